The van der Waals surface area contributed by atoms with Crippen molar-refractivity contribution in [2.75, 3.05) is 16.8 Å². The van der Waals surface area contributed by atoms with Gasteiger partial charge in [0.15, 0.2) is 0 Å². The molecular formula is C11H11ClN2O2. The molecule has 0 spiro atoms. The smallest absolute Gasteiger partial charge is 0.245 e. The van der Waals surface area contributed by atoms with Crippen LogP contribution in [0.1, 0.15) is 6.92 Å². The van der Waals surface area contributed by atoms with Gasteiger partial charge >= 0.3 is 0 Å². The number of carbonyl (C=O) groups excluding carboxylic acids is 2. The molecule has 1 aromatic carbocycles. The summed E-state index contributed by atoms with van der Waals surface area (Å²) in [6.45, 7) is 1.62. The Hall–Kier alpha value is -1.55. The van der Waals surface area contributed by atoms with E-state index in [1.165, 1.54) is 4.90 Å². The zero-order valence-electron chi connectivity index (χ0n) is 8.74. The van der Waals surface area contributed by atoms with Gasteiger partial charge in [0.2, 0.25) is 11.8 Å². The number of nitrogens with zero attached hydrogens (tertiary/aromatic N) is 1. The molecule has 1 unspecified atom stereocenters. The first kappa shape index (κ1) is 11.0. The van der Waals surface area contributed by atoms with Gasteiger partial charge in [-0.2, -0.15) is 0 Å². The highest BCUT2D eigenvalue weighted by Crippen LogP contribution is 2.29. The van der Waals surface area contributed by atoms with Crippen LogP contribution in [0.2, 0.25) is 0 Å². The SMILES string of the molecule is CC(Cl)C(=O)N1CC(=O)Nc2ccccc21. The lowest BCUT2D eigenvalue weighted by Gasteiger charge is -2.29. The number of amides is 2. The fourth-order valence-electron chi connectivity index (χ4n) is 1.64. The number of benzene rings is 1. The number of alkyl halides is 1. The summed E-state index contributed by atoms with van der Waals surface area (Å²) in [4.78, 5) is 24.6. The van der Waals surface area contributed by atoms with E-state index in [-0.39, 0.29) is 18.4 Å². The molecule has 0 aromatic heterocycles. The first-order chi connectivity index (χ1) is 7.59. The van der Waals surface area contributed by atoms with Gasteiger partial charge < -0.3 is 5.32 Å². The number of rotatable bonds is 1. The largest absolute Gasteiger partial charge is 0.323 e. The maximum Gasteiger partial charge on any atom is 0.245 e. The minimum absolute atomic E-state index is 0.0207. The van der Waals surface area contributed by atoms with Crippen LogP contribution in [0.25, 0.3) is 0 Å². The van der Waals surface area contributed by atoms with E-state index in [0.29, 0.717) is 11.4 Å². The van der Waals surface area contributed by atoms with Crippen molar-refractivity contribution in [3.05, 3.63) is 24.3 Å². The van der Waals surface area contributed by atoms with E-state index in [1.54, 1.807) is 25.1 Å². The van der Waals surface area contributed by atoms with Crippen LogP contribution in [-0.4, -0.2) is 23.7 Å². The first-order valence-corrected chi connectivity index (χ1v) is 5.37. The molecule has 2 rings (SSSR count). The zero-order valence-corrected chi connectivity index (χ0v) is 9.49. The molecule has 1 aliphatic rings. The number of carbonyl (C=O) groups is 2. The van der Waals surface area contributed by atoms with Gasteiger partial charge in [0.05, 0.1) is 11.4 Å². The second kappa shape index (κ2) is 4.14. The summed E-state index contributed by atoms with van der Waals surface area (Å²) in [5.74, 6) is -0.465. The first-order valence-electron chi connectivity index (χ1n) is 4.94. The van der Waals surface area contributed by atoms with Crippen LogP contribution in [0.15, 0.2) is 24.3 Å². The molecule has 0 saturated heterocycles. The van der Waals surface area contributed by atoms with Crippen molar-refractivity contribution in [3.63, 3.8) is 0 Å². The summed E-state index contributed by atoms with van der Waals surface area (Å²) >= 11 is 5.75. The Morgan fingerprint density at radius 3 is 2.88 bits per heavy atom. The van der Waals surface area contributed by atoms with Crippen LogP contribution in [0.4, 0.5) is 11.4 Å². The number of nitrogens with one attached hydrogen (secondary N) is 1. The second-order valence-corrected chi connectivity index (χ2v) is 4.26. The van der Waals surface area contributed by atoms with Gasteiger partial charge in [-0.25, -0.2) is 0 Å². The van der Waals surface area contributed by atoms with Crippen molar-refractivity contribution in [1.29, 1.82) is 0 Å². The topological polar surface area (TPSA) is 49.4 Å². The fourth-order valence-corrected chi connectivity index (χ4v) is 1.76. The summed E-state index contributed by atoms with van der Waals surface area (Å²) in [6.07, 6.45) is 0. The lowest BCUT2D eigenvalue weighted by molar-refractivity contribution is -0.121. The molecular weight excluding hydrogens is 228 g/mol. The molecule has 0 fully saturated rings. The molecule has 0 aliphatic carbocycles. The minimum Gasteiger partial charge on any atom is -0.323 e. The number of fused-ring (bicyclic) bond motifs is 1. The van der Waals surface area contributed by atoms with Gasteiger partial charge in [-0.15, -0.1) is 11.6 Å². The van der Waals surface area contributed by atoms with Crippen molar-refractivity contribution in [1.82, 2.24) is 0 Å². The van der Waals surface area contributed by atoms with E-state index in [2.05, 4.69) is 5.32 Å². The quantitative estimate of drug-likeness (QED) is 0.756. The van der Waals surface area contributed by atoms with Gasteiger partial charge in [-0.1, -0.05) is 12.1 Å². The maximum atomic E-state index is 11.8. The van der Waals surface area contributed by atoms with Crippen LogP contribution >= 0.6 is 11.6 Å². The Kier molecular flexibility index (Phi) is 2.83. The van der Waals surface area contributed by atoms with Crippen LogP contribution in [0, 0.1) is 0 Å². The van der Waals surface area contributed by atoms with Crippen LogP contribution in [0.3, 0.4) is 0 Å². The number of anilines is 2. The van der Waals surface area contributed by atoms with Crippen molar-refractivity contribution in [2.45, 2.75) is 12.3 Å². The van der Waals surface area contributed by atoms with Crippen LogP contribution in [-0.2, 0) is 9.59 Å². The number of halogens is 1. The number of hydrogen-bond donors (Lipinski definition) is 1. The minimum atomic E-state index is -0.640. The summed E-state index contributed by atoms with van der Waals surface area (Å²) < 4.78 is 0. The Labute approximate surface area is 98.2 Å². The Balaban J connectivity index is 2.41. The van der Waals surface area contributed by atoms with Gasteiger partial charge in [0.1, 0.15) is 11.9 Å². The highest BCUT2D eigenvalue weighted by atomic mass is 35.5. The summed E-state index contributed by atoms with van der Waals surface area (Å²) in [5, 5.41) is 2.07. The Morgan fingerprint density at radius 1 is 1.50 bits per heavy atom. The van der Waals surface area contributed by atoms with Crippen LogP contribution in [0.5, 0.6) is 0 Å². The molecule has 84 valence electrons. The predicted octanol–water partition coefficient (Wildman–Crippen LogP) is 1.60. The van der Waals surface area contributed by atoms with Crippen molar-refractivity contribution >= 4 is 34.8 Å². The fraction of sp³-hybridized carbons (Fsp3) is 0.273. The molecule has 0 saturated carbocycles. The van der Waals surface area contributed by atoms with E-state index >= 15 is 0 Å². The summed E-state index contributed by atoms with van der Waals surface area (Å²) in [7, 11) is 0. The lowest BCUT2D eigenvalue weighted by atomic mass is 10.2. The molecule has 1 N–H and O–H groups in total. The van der Waals surface area contributed by atoms with E-state index in [4.69, 9.17) is 11.6 Å². The molecule has 0 radical (unpaired) electrons. The summed E-state index contributed by atoms with van der Waals surface area (Å²) in [5.41, 5.74) is 1.34. The predicted molar refractivity (Wildman–Crippen MR) is 62.7 cm³/mol. The average molecular weight is 239 g/mol. The number of hydrogen-bond acceptors (Lipinski definition) is 2. The highest BCUT2D eigenvalue weighted by Gasteiger charge is 2.28. The third-order valence-electron chi connectivity index (χ3n) is 2.38. The second-order valence-electron chi connectivity index (χ2n) is 3.61. The molecule has 4 nitrogen and oxygen atoms in total. The maximum absolute atomic E-state index is 11.8. The summed E-state index contributed by atoms with van der Waals surface area (Å²) in [6, 6.07) is 7.16. The highest BCUT2D eigenvalue weighted by molar-refractivity contribution is 6.33. The van der Waals surface area contributed by atoms with E-state index < -0.39 is 5.38 Å². The van der Waals surface area contributed by atoms with Crippen molar-refractivity contribution < 1.29 is 9.59 Å². The molecule has 16 heavy (non-hydrogen) atoms. The van der Waals surface area contributed by atoms with E-state index in [1.807, 2.05) is 6.07 Å². The molecule has 1 aromatic rings. The van der Waals surface area contributed by atoms with Gasteiger partial charge in [0.25, 0.3) is 0 Å². The molecule has 5 heteroatoms. The third-order valence-corrected chi connectivity index (χ3v) is 2.56. The number of para-hydroxylation sites is 2. The normalized spacial score (nSPS) is 16.4. The average Bonchev–Trinajstić information content (AvgIpc) is 2.26. The van der Waals surface area contributed by atoms with E-state index in [0.717, 1.165) is 0 Å². The molecule has 2 amide bonds. The molecule has 0 bridgehead atoms. The monoisotopic (exact) mass is 238 g/mol. The molecule has 1 atom stereocenters. The van der Waals surface area contributed by atoms with Gasteiger partial charge in [0, 0.05) is 0 Å². The van der Waals surface area contributed by atoms with Crippen molar-refractivity contribution in [3.8, 4) is 0 Å². The molecule has 1 aliphatic heterocycles. The standard InChI is InChI=1S/C11H11ClN2O2/c1-7(12)11(16)14-6-10(15)13-8-4-2-3-5-9(8)14/h2-5,7H,6H2,1H3,(H,13,15). The zero-order chi connectivity index (χ0) is 11.7. The Morgan fingerprint density at radius 2 is 2.19 bits per heavy atom. The van der Waals surface area contributed by atoms with Crippen LogP contribution < -0.4 is 10.2 Å². The van der Waals surface area contributed by atoms with Gasteiger partial charge in [-0.3, -0.25) is 14.5 Å². The van der Waals surface area contributed by atoms with Crippen molar-refractivity contribution in [2.24, 2.45) is 0 Å². The third kappa shape index (κ3) is 1.88. The lowest BCUT2D eigenvalue weighted by Crippen LogP contribution is -2.44. The van der Waals surface area contributed by atoms with E-state index in [9.17, 15) is 9.59 Å². The molecule has 1 heterocycles. The van der Waals surface area contributed by atoms with Gasteiger partial charge in [-0.05, 0) is 19.1 Å². The Bertz CT molecular complexity index is 445.